The van der Waals surface area contributed by atoms with E-state index in [9.17, 15) is 9.18 Å². The Kier molecular flexibility index (Phi) is 4.96. The number of carbonyl (C=O) groups excluding carboxylic acids is 1. The van der Waals surface area contributed by atoms with Crippen molar-refractivity contribution in [2.24, 2.45) is 11.8 Å². The molecule has 2 aromatic rings. The van der Waals surface area contributed by atoms with Gasteiger partial charge in [-0.1, -0.05) is 29.8 Å². The zero-order chi connectivity index (χ0) is 18.1. The third-order valence-electron chi connectivity index (χ3n) is 5.77. The lowest BCUT2D eigenvalue weighted by atomic mass is 9.64. The van der Waals surface area contributed by atoms with Crippen molar-refractivity contribution in [3.05, 3.63) is 70.5 Å². The fourth-order valence-electron chi connectivity index (χ4n) is 4.35. The van der Waals surface area contributed by atoms with E-state index in [0.29, 0.717) is 34.9 Å². The van der Waals surface area contributed by atoms with Gasteiger partial charge in [-0.25, -0.2) is 4.39 Å². The molecule has 2 aromatic carbocycles. The maximum atomic E-state index is 14.0. The van der Waals surface area contributed by atoms with Crippen molar-refractivity contribution in [3.8, 4) is 0 Å². The molecule has 136 valence electrons. The standard InChI is InChI=1S/C21H22ClFN2O/c22-16-7-5-14(6-8-16)21(26)24-9-10-25-12-15-11-18(19(15)13-25)17-3-1-2-4-20(17)23/h1-8,15,18-19H,9-13H2,(H,24,26). The van der Waals surface area contributed by atoms with Crippen LogP contribution in [0, 0.1) is 17.7 Å². The van der Waals surface area contributed by atoms with Gasteiger partial charge in [-0.3, -0.25) is 4.79 Å². The number of likely N-dealkylation sites (tertiary alicyclic amines) is 1. The Labute approximate surface area is 158 Å². The molecule has 26 heavy (non-hydrogen) atoms. The van der Waals surface area contributed by atoms with E-state index < -0.39 is 0 Å². The van der Waals surface area contributed by atoms with Crippen molar-refractivity contribution in [2.75, 3.05) is 26.2 Å². The molecular weight excluding hydrogens is 351 g/mol. The van der Waals surface area contributed by atoms with Gasteiger partial charge in [0.1, 0.15) is 5.82 Å². The lowest BCUT2D eigenvalue weighted by Gasteiger charge is -2.40. The summed E-state index contributed by atoms with van der Waals surface area (Å²) in [5, 5.41) is 3.59. The fraction of sp³-hybridized carbons (Fsp3) is 0.381. The Hall–Kier alpha value is -1.91. The van der Waals surface area contributed by atoms with Gasteiger partial charge in [0.2, 0.25) is 0 Å². The molecule has 3 unspecified atom stereocenters. The number of fused-ring (bicyclic) bond motifs is 1. The number of carbonyl (C=O) groups is 1. The summed E-state index contributed by atoms with van der Waals surface area (Å²) in [7, 11) is 0. The number of halogens is 2. The molecule has 1 N–H and O–H groups in total. The number of amides is 1. The first-order valence-electron chi connectivity index (χ1n) is 9.12. The van der Waals surface area contributed by atoms with Crippen LogP contribution in [0.3, 0.4) is 0 Å². The summed E-state index contributed by atoms with van der Waals surface area (Å²) in [6, 6.07) is 14.0. The van der Waals surface area contributed by atoms with Crippen molar-refractivity contribution in [2.45, 2.75) is 12.3 Å². The van der Waals surface area contributed by atoms with Crippen molar-refractivity contribution in [3.63, 3.8) is 0 Å². The van der Waals surface area contributed by atoms with Crippen LogP contribution in [0.1, 0.15) is 28.3 Å². The molecule has 5 heteroatoms. The predicted octanol–water partition coefficient (Wildman–Crippen LogP) is 3.94. The highest BCUT2D eigenvalue weighted by Gasteiger charge is 2.47. The molecule has 3 atom stereocenters. The molecule has 0 radical (unpaired) electrons. The number of rotatable bonds is 5. The van der Waals surface area contributed by atoms with Gasteiger partial charge in [0.15, 0.2) is 0 Å². The Balaban J connectivity index is 1.26. The van der Waals surface area contributed by atoms with Crippen molar-refractivity contribution in [1.29, 1.82) is 0 Å². The minimum Gasteiger partial charge on any atom is -0.351 e. The van der Waals surface area contributed by atoms with Crippen LogP contribution in [0.2, 0.25) is 5.02 Å². The molecule has 0 aromatic heterocycles. The van der Waals surface area contributed by atoms with E-state index >= 15 is 0 Å². The molecule has 1 aliphatic carbocycles. The zero-order valence-corrected chi connectivity index (χ0v) is 15.3. The first kappa shape index (κ1) is 17.5. The fourth-order valence-corrected chi connectivity index (χ4v) is 4.47. The summed E-state index contributed by atoms with van der Waals surface area (Å²) in [5.41, 5.74) is 1.49. The quantitative estimate of drug-likeness (QED) is 0.862. The Morgan fingerprint density at radius 3 is 2.69 bits per heavy atom. The topological polar surface area (TPSA) is 32.3 Å². The highest BCUT2D eigenvalue weighted by atomic mass is 35.5. The van der Waals surface area contributed by atoms with Crippen LogP contribution in [0.5, 0.6) is 0 Å². The van der Waals surface area contributed by atoms with Crippen LogP contribution in [0.15, 0.2) is 48.5 Å². The first-order valence-corrected chi connectivity index (χ1v) is 9.50. The molecular formula is C21H22ClFN2O. The van der Waals surface area contributed by atoms with Gasteiger partial charge in [-0.15, -0.1) is 0 Å². The smallest absolute Gasteiger partial charge is 0.251 e. The summed E-state index contributed by atoms with van der Waals surface area (Å²) in [6.45, 7) is 3.48. The van der Waals surface area contributed by atoms with Crippen LogP contribution >= 0.6 is 11.6 Å². The van der Waals surface area contributed by atoms with Gasteiger partial charge in [0.25, 0.3) is 5.91 Å². The summed E-state index contributed by atoms with van der Waals surface area (Å²) in [5.74, 6) is 1.39. The normalized spacial score (nSPS) is 24.8. The second kappa shape index (κ2) is 7.37. The van der Waals surface area contributed by atoms with Gasteiger partial charge in [0, 0.05) is 36.8 Å². The maximum Gasteiger partial charge on any atom is 0.251 e. The summed E-state index contributed by atoms with van der Waals surface area (Å²) in [6.07, 6.45) is 1.07. The number of benzene rings is 2. The molecule has 1 amide bonds. The highest BCUT2D eigenvalue weighted by molar-refractivity contribution is 6.30. The van der Waals surface area contributed by atoms with Crippen LogP contribution < -0.4 is 5.32 Å². The van der Waals surface area contributed by atoms with Gasteiger partial charge >= 0.3 is 0 Å². The van der Waals surface area contributed by atoms with E-state index in [1.54, 1.807) is 36.4 Å². The molecule has 1 heterocycles. The Morgan fingerprint density at radius 1 is 1.15 bits per heavy atom. The second-order valence-electron chi connectivity index (χ2n) is 7.31. The predicted molar refractivity (Wildman–Crippen MR) is 101 cm³/mol. The van der Waals surface area contributed by atoms with E-state index in [0.717, 1.165) is 31.6 Å². The van der Waals surface area contributed by atoms with Crippen LogP contribution in [0.25, 0.3) is 0 Å². The van der Waals surface area contributed by atoms with Crippen LogP contribution in [0.4, 0.5) is 4.39 Å². The van der Waals surface area contributed by atoms with E-state index in [2.05, 4.69) is 10.2 Å². The summed E-state index contributed by atoms with van der Waals surface area (Å²) in [4.78, 5) is 14.5. The molecule has 0 bridgehead atoms. The number of nitrogens with one attached hydrogen (secondary N) is 1. The van der Waals surface area contributed by atoms with Crippen molar-refractivity contribution < 1.29 is 9.18 Å². The molecule has 0 spiro atoms. The lowest BCUT2D eigenvalue weighted by molar-refractivity contribution is 0.0949. The number of nitrogens with zero attached hydrogens (tertiary/aromatic N) is 1. The minimum absolute atomic E-state index is 0.0759. The van der Waals surface area contributed by atoms with Crippen LogP contribution in [-0.2, 0) is 0 Å². The summed E-state index contributed by atoms with van der Waals surface area (Å²) >= 11 is 5.84. The average molecular weight is 373 g/mol. The first-order chi connectivity index (χ1) is 12.6. The third-order valence-corrected chi connectivity index (χ3v) is 6.02. The lowest BCUT2D eigenvalue weighted by Crippen LogP contribution is -2.34. The maximum absolute atomic E-state index is 14.0. The van der Waals surface area contributed by atoms with E-state index in [1.807, 2.05) is 12.1 Å². The molecule has 2 aliphatic rings. The highest BCUT2D eigenvalue weighted by Crippen LogP contribution is 2.51. The van der Waals surface area contributed by atoms with E-state index in [-0.39, 0.29) is 11.7 Å². The van der Waals surface area contributed by atoms with Gasteiger partial charge in [0.05, 0.1) is 0 Å². The van der Waals surface area contributed by atoms with Gasteiger partial charge in [-0.05, 0) is 60.1 Å². The van der Waals surface area contributed by atoms with E-state index in [4.69, 9.17) is 11.6 Å². The van der Waals surface area contributed by atoms with Crippen molar-refractivity contribution >= 4 is 17.5 Å². The Morgan fingerprint density at radius 2 is 1.92 bits per heavy atom. The summed E-state index contributed by atoms with van der Waals surface area (Å²) < 4.78 is 14.0. The van der Waals surface area contributed by atoms with Crippen LogP contribution in [-0.4, -0.2) is 37.0 Å². The number of hydrogen-bond acceptors (Lipinski definition) is 2. The number of hydrogen-bond donors (Lipinski definition) is 1. The molecule has 1 aliphatic heterocycles. The van der Waals surface area contributed by atoms with E-state index in [1.165, 1.54) is 0 Å². The third kappa shape index (κ3) is 3.49. The molecule has 3 nitrogen and oxygen atoms in total. The SMILES string of the molecule is O=C(NCCN1CC2CC(c3ccccc3F)C2C1)c1ccc(Cl)cc1. The molecule has 4 rings (SSSR count). The molecule has 2 fully saturated rings. The monoisotopic (exact) mass is 372 g/mol. The second-order valence-corrected chi connectivity index (χ2v) is 7.75. The average Bonchev–Trinajstić information content (AvgIpc) is 2.94. The Bertz CT molecular complexity index is 795. The largest absolute Gasteiger partial charge is 0.351 e. The zero-order valence-electron chi connectivity index (χ0n) is 14.5. The van der Waals surface area contributed by atoms with Gasteiger partial charge in [-0.2, -0.15) is 0 Å². The van der Waals surface area contributed by atoms with Gasteiger partial charge < -0.3 is 10.2 Å². The molecule has 1 saturated heterocycles. The molecule has 1 saturated carbocycles. The minimum atomic E-state index is -0.0790. The van der Waals surface area contributed by atoms with Crippen molar-refractivity contribution in [1.82, 2.24) is 10.2 Å².